The molecule has 0 spiro atoms. The first-order valence-corrected chi connectivity index (χ1v) is 15.1. The normalized spacial score (nSPS) is 19.0. The molecule has 0 radical (unpaired) electrons. The second-order valence-corrected chi connectivity index (χ2v) is 13.2. The predicted octanol–water partition coefficient (Wildman–Crippen LogP) is 5.16. The summed E-state index contributed by atoms with van der Waals surface area (Å²) in [5, 5.41) is 11.1. The highest BCUT2D eigenvalue weighted by molar-refractivity contribution is 6.39. The van der Waals surface area contributed by atoms with Crippen LogP contribution in [0.1, 0.15) is 76.5 Å². The zero-order chi connectivity index (χ0) is 30.9. The van der Waals surface area contributed by atoms with Crippen LogP contribution in [0.3, 0.4) is 0 Å². The maximum atomic E-state index is 13.6. The Hall–Kier alpha value is -3.99. The van der Waals surface area contributed by atoms with Crippen molar-refractivity contribution in [1.82, 2.24) is 24.6 Å². The lowest BCUT2D eigenvalue weighted by Gasteiger charge is -2.38. The Bertz CT molecular complexity index is 1510. The van der Waals surface area contributed by atoms with E-state index >= 15 is 0 Å². The summed E-state index contributed by atoms with van der Waals surface area (Å²) < 4.78 is 7.37. The number of benzene rings is 1. The smallest absolute Gasteiger partial charge is 0.413 e. The number of hydrogen-bond donors (Lipinski definition) is 2. The van der Waals surface area contributed by atoms with Gasteiger partial charge in [-0.05, 0) is 96.1 Å². The summed E-state index contributed by atoms with van der Waals surface area (Å²) in [5.41, 5.74) is 2.65. The molecule has 5 rings (SSSR count). The van der Waals surface area contributed by atoms with Crippen molar-refractivity contribution < 1.29 is 19.1 Å². The first kappa shape index (κ1) is 30.5. The second-order valence-electron chi connectivity index (χ2n) is 13.2. The number of aromatic nitrogens is 3. The number of carbonyl (C=O) groups excluding carboxylic acids is 3. The predicted molar refractivity (Wildman–Crippen MR) is 166 cm³/mol. The van der Waals surface area contributed by atoms with E-state index in [2.05, 4.69) is 50.7 Å². The summed E-state index contributed by atoms with van der Waals surface area (Å²) in [6, 6.07) is 7.80. The largest absolute Gasteiger partial charge is 0.444 e. The van der Waals surface area contributed by atoms with Gasteiger partial charge in [0.25, 0.3) is 0 Å². The van der Waals surface area contributed by atoms with Crippen LogP contribution in [0, 0.1) is 5.92 Å². The Kier molecular flexibility index (Phi) is 8.73. The number of amides is 3. The molecule has 2 aromatic heterocycles. The molecule has 0 unspecified atom stereocenters. The monoisotopic (exact) mass is 589 g/mol. The number of rotatable bonds is 7. The minimum absolute atomic E-state index is 0.204. The third-order valence-electron chi connectivity index (χ3n) is 7.89. The van der Waals surface area contributed by atoms with E-state index in [1.165, 1.54) is 6.20 Å². The molecule has 43 heavy (non-hydrogen) atoms. The quantitative estimate of drug-likeness (QED) is 0.365. The van der Waals surface area contributed by atoms with Gasteiger partial charge in [0.1, 0.15) is 11.4 Å². The van der Waals surface area contributed by atoms with Gasteiger partial charge in [0.2, 0.25) is 0 Å². The minimum Gasteiger partial charge on any atom is -0.444 e. The van der Waals surface area contributed by atoms with E-state index in [0.29, 0.717) is 18.1 Å². The Morgan fingerprint density at radius 2 is 1.81 bits per heavy atom. The van der Waals surface area contributed by atoms with Crippen LogP contribution in [0.15, 0.2) is 36.7 Å². The maximum absolute atomic E-state index is 13.6. The van der Waals surface area contributed by atoms with Crippen molar-refractivity contribution in [2.24, 2.45) is 5.92 Å². The van der Waals surface area contributed by atoms with E-state index in [0.717, 1.165) is 60.8 Å². The standard InChI is InChI=1S/C32H43N7O4/c1-20-7-11-26(22-10-12-27-23(15-22)17-34-39(27)14-13-37(5)6)38(19-20)30(41)29(40)35-24-16-25(21-8-9-21)28(33-18-24)36-31(42)43-32(2,3)4/h10,12,15-18,20-21,26H,7-9,11,13-14,19H2,1-6H3,(H,35,40)(H,33,36,42)/t20-,26+/m0/s1. The fourth-order valence-electron chi connectivity index (χ4n) is 5.58. The molecule has 1 saturated heterocycles. The van der Waals surface area contributed by atoms with Crippen LogP contribution in [0.5, 0.6) is 0 Å². The van der Waals surface area contributed by atoms with Gasteiger partial charge in [-0.15, -0.1) is 0 Å². The number of pyridine rings is 1. The van der Waals surface area contributed by atoms with Crippen LogP contribution in [-0.4, -0.2) is 75.3 Å². The molecular formula is C32H43N7O4. The molecule has 3 amide bonds. The van der Waals surface area contributed by atoms with Gasteiger partial charge in [0.05, 0.1) is 36.2 Å². The summed E-state index contributed by atoms with van der Waals surface area (Å²) in [5.74, 6) is -0.340. The number of nitrogens with zero attached hydrogens (tertiary/aromatic N) is 5. The van der Waals surface area contributed by atoms with Gasteiger partial charge in [-0.25, -0.2) is 9.78 Å². The molecule has 2 aliphatic rings. The van der Waals surface area contributed by atoms with Crippen molar-refractivity contribution in [3.05, 3.63) is 47.8 Å². The molecule has 11 heteroatoms. The van der Waals surface area contributed by atoms with Crippen molar-refractivity contribution in [3.8, 4) is 0 Å². The van der Waals surface area contributed by atoms with Gasteiger partial charge in [-0.3, -0.25) is 19.6 Å². The van der Waals surface area contributed by atoms with E-state index in [9.17, 15) is 14.4 Å². The molecule has 1 saturated carbocycles. The molecule has 230 valence electrons. The van der Waals surface area contributed by atoms with Crippen molar-refractivity contribution in [3.63, 3.8) is 0 Å². The molecular weight excluding hydrogens is 546 g/mol. The Labute approximate surface area is 253 Å². The highest BCUT2D eigenvalue weighted by Gasteiger charge is 2.35. The molecule has 2 atom stereocenters. The molecule has 0 bridgehead atoms. The molecule has 3 aromatic rings. The zero-order valence-electron chi connectivity index (χ0n) is 26.0. The summed E-state index contributed by atoms with van der Waals surface area (Å²) in [6.45, 7) is 9.67. The number of fused-ring (bicyclic) bond motifs is 1. The van der Waals surface area contributed by atoms with Crippen LogP contribution in [0.2, 0.25) is 0 Å². The molecule has 3 heterocycles. The number of anilines is 2. The van der Waals surface area contributed by atoms with Gasteiger partial charge >= 0.3 is 17.9 Å². The highest BCUT2D eigenvalue weighted by atomic mass is 16.6. The van der Waals surface area contributed by atoms with Gasteiger partial charge in [0, 0.05) is 24.0 Å². The van der Waals surface area contributed by atoms with Crippen LogP contribution in [-0.2, 0) is 20.9 Å². The average molecular weight is 590 g/mol. The molecule has 2 N–H and O–H groups in total. The third-order valence-corrected chi connectivity index (χ3v) is 7.89. The lowest BCUT2D eigenvalue weighted by atomic mass is 9.89. The highest BCUT2D eigenvalue weighted by Crippen LogP contribution is 2.44. The Morgan fingerprint density at radius 3 is 2.51 bits per heavy atom. The lowest BCUT2D eigenvalue weighted by molar-refractivity contribution is -0.146. The topological polar surface area (TPSA) is 122 Å². The van der Waals surface area contributed by atoms with Gasteiger partial charge in [-0.1, -0.05) is 13.0 Å². The number of nitrogens with one attached hydrogen (secondary N) is 2. The van der Waals surface area contributed by atoms with Gasteiger partial charge in [0.15, 0.2) is 0 Å². The number of likely N-dealkylation sites (tertiary alicyclic amines) is 1. The van der Waals surface area contributed by atoms with Crippen LogP contribution in [0.4, 0.5) is 16.3 Å². The molecule has 1 aliphatic heterocycles. The fraction of sp³-hybridized carbons (Fsp3) is 0.531. The number of hydrogen-bond acceptors (Lipinski definition) is 7. The van der Waals surface area contributed by atoms with E-state index in [1.54, 1.807) is 31.7 Å². The van der Waals surface area contributed by atoms with Crippen molar-refractivity contribution in [2.45, 2.75) is 77.5 Å². The first-order valence-electron chi connectivity index (χ1n) is 15.1. The number of carbonyl (C=O) groups is 3. The summed E-state index contributed by atoms with van der Waals surface area (Å²) in [6.07, 6.45) is 6.42. The molecule has 1 aromatic carbocycles. The van der Waals surface area contributed by atoms with Crippen molar-refractivity contribution in [2.75, 3.05) is 37.8 Å². The third kappa shape index (κ3) is 7.51. The SMILES string of the molecule is C[C@H]1CC[C@H](c2ccc3c(cnn3CCN(C)C)c2)N(C(=O)C(=O)Nc2cnc(NC(=O)OC(C)(C)C)c(C3CC3)c2)C1. The second kappa shape index (κ2) is 12.3. The number of likely N-dealkylation sites (N-methyl/N-ethyl adjacent to an activating group) is 1. The van der Waals surface area contributed by atoms with Crippen molar-refractivity contribution >= 4 is 40.3 Å². The van der Waals surface area contributed by atoms with Gasteiger partial charge in [-0.2, -0.15) is 5.10 Å². The summed E-state index contributed by atoms with van der Waals surface area (Å²) >= 11 is 0. The Balaban J connectivity index is 1.31. The minimum atomic E-state index is -0.701. The van der Waals surface area contributed by atoms with E-state index < -0.39 is 23.5 Å². The van der Waals surface area contributed by atoms with Crippen molar-refractivity contribution in [1.29, 1.82) is 0 Å². The van der Waals surface area contributed by atoms with Crippen LogP contribution >= 0.6 is 0 Å². The first-order chi connectivity index (χ1) is 20.4. The zero-order valence-corrected chi connectivity index (χ0v) is 26.0. The fourth-order valence-corrected chi connectivity index (χ4v) is 5.58. The Morgan fingerprint density at radius 1 is 1.05 bits per heavy atom. The summed E-state index contributed by atoms with van der Waals surface area (Å²) in [7, 11) is 4.08. The van der Waals surface area contributed by atoms with E-state index in [1.807, 2.05) is 25.0 Å². The van der Waals surface area contributed by atoms with E-state index in [-0.39, 0.29) is 17.9 Å². The lowest BCUT2D eigenvalue weighted by Crippen LogP contribution is -2.46. The number of ether oxygens (including phenoxy) is 1. The molecule has 2 fully saturated rings. The molecule has 11 nitrogen and oxygen atoms in total. The maximum Gasteiger partial charge on any atom is 0.413 e. The van der Waals surface area contributed by atoms with Crippen LogP contribution in [0.25, 0.3) is 10.9 Å². The number of piperidine rings is 1. The average Bonchev–Trinajstić information content (AvgIpc) is 3.70. The van der Waals surface area contributed by atoms with Gasteiger partial charge < -0.3 is 19.9 Å². The summed E-state index contributed by atoms with van der Waals surface area (Å²) in [4.78, 5) is 47.5. The molecule has 1 aliphatic carbocycles. The van der Waals surface area contributed by atoms with E-state index in [4.69, 9.17) is 4.74 Å². The van der Waals surface area contributed by atoms with Crippen LogP contribution < -0.4 is 10.6 Å².